The fourth-order valence-electron chi connectivity index (χ4n) is 3.10. The van der Waals surface area contributed by atoms with Crippen LogP contribution in [0.1, 0.15) is 22.7 Å². The molecule has 3 rings (SSSR count). The van der Waals surface area contributed by atoms with Gasteiger partial charge in [0.25, 0.3) is 0 Å². The number of primary sulfonamides is 1. The predicted molar refractivity (Wildman–Crippen MR) is 101 cm³/mol. The van der Waals surface area contributed by atoms with Crippen LogP contribution in [0.15, 0.2) is 53.4 Å². The number of nitrogens with two attached hydrogens (primary N) is 1. The smallest absolute Gasteiger partial charge is 0.435 e. The van der Waals surface area contributed by atoms with Crippen LogP contribution < -0.4 is 5.14 Å². The van der Waals surface area contributed by atoms with E-state index in [0.29, 0.717) is 0 Å². The summed E-state index contributed by atoms with van der Waals surface area (Å²) in [6.07, 6.45) is -5.48. The summed E-state index contributed by atoms with van der Waals surface area (Å²) in [5.41, 5.74) is -1.55. The molecule has 4 N–H and O–H groups in total. The van der Waals surface area contributed by atoms with Crippen LogP contribution in [0, 0.1) is 5.82 Å². The van der Waals surface area contributed by atoms with Gasteiger partial charge in [-0.2, -0.15) is 18.3 Å². The second-order valence-electron chi connectivity index (χ2n) is 6.64. The van der Waals surface area contributed by atoms with E-state index in [1.807, 2.05) is 0 Å². The number of aromatic amines is 1. The Morgan fingerprint density at radius 2 is 1.68 bits per heavy atom. The topological polar surface area (TPSA) is 126 Å². The molecule has 0 amide bonds. The molecule has 0 bridgehead atoms. The molecule has 1 heterocycles. The molecule has 31 heavy (non-hydrogen) atoms. The van der Waals surface area contributed by atoms with Gasteiger partial charge in [0.05, 0.1) is 16.5 Å². The summed E-state index contributed by atoms with van der Waals surface area (Å²) in [5.74, 6) is -3.48. The van der Waals surface area contributed by atoms with Crippen molar-refractivity contribution in [3.8, 4) is 11.3 Å². The Kier molecular flexibility index (Phi) is 5.87. The molecular weight excluding hydrogens is 442 g/mol. The van der Waals surface area contributed by atoms with Crippen molar-refractivity contribution in [2.24, 2.45) is 5.14 Å². The highest BCUT2D eigenvalue weighted by Gasteiger charge is 2.39. The van der Waals surface area contributed by atoms with Crippen molar-refractivity contribution in [1.82, 2.24) is 10.2 Å². The lowest BCUT2D eigenvalue weighted by molar-refractivity contribution is -0.143. The third-order valence-electron chi connectivity index (χ3n) is 4.59. The van der Waals surface area contributed by atoms with E-state index in [-0.39, 0.29) is 21.7 Å². The number of sulfonamides is 1. The molecule has 0 radical (unpaired) electrons. The van der Waals surface area contributed by atoms with Crippen molar-refractivity contribution in [3.05, 3.63) is 71.2 Å². The lowest BCUT2D eigenvalue weighted by Gasteiger charge is -2.16. The van der Waals surface area contributed by atoms with Crippen molar-refractivity contribution in [3.63, 3.8) is 0 Å². The maximum Gasteiger partial charge on any atom is 0.435 e. The number of rotatable bonds is 6. The molecule has 1 aromatic heterocycles. The molecule has 0 saturated heterocycles. The van der Waals surface area contributed by atoms with Gasteiger partial charge in [-0.25, -0.2) is 17.9 Å². The second kappa shape index (κ2) is 8.12. The number of carboxylic acids is 1. The third kappa shape index (κ3) is 4.91. The standard InChI is InChI=1S/C19H15F4N3O4S/c20-12-5-1-11(2-6-12)16-15(17(26-25-16)19(21,22)23)9-14(18(27)28)10-3-7-13(8-4-10)31(24,29)30/h1-8,14H,9H2,(H,25,26)(H,27,28)(H2,24,29,30). The molecule has 0 aliphatic carbocycles. The van der Waals surface area contributed by atoms with E-state index < -0.39 is 51.6 Å². The third-order valence-corrected chi connectivity index (χ3v) is 5.52. The molecule has 0 aliphatic rings. The number of nitrogens with one attached hydrogen (secondary N) is 1. The second-order valence-corrected chi connectivity index (χ2v) is 8.20. The first-order valence-electron chi connectivity index (χ1n) is 8.64. The Balaban J connectivity index is 2.08. The van der Waals surface area contributed by atoms with E-state index in [2.05, 4.69) is 10.2 Å². The van der Waals surface area contributed by atoms with E-state index >= 15 is 0 Å². The van der Waals surface area contributed by atoms with E-state index in [9.17, 15) is 35.9 Å². The Morgan fingerprint density at radius 1 is 1.10 bits per heavy atom. The highest BCUT2D eigenvalue weighted by atomic mass is 32.2. The van der Waals surface area contributed by atoms with Crippen LogP contribution in [0.5, 0.6) is 0 Å². The van der Waals surface area contributed by atoms with E-state index in [0.717, 1.165) is 24.3 Å². The summed E-state index contributed by atoms with van der Waals surface area (Å²) in [7, 11) is -4.03. The first-order valence-corrected chi connectivity index (χ1v) is 10.2. The predicted octanol–water partition coefficient (Wildman–Crippen LogP) is 3.29. The average Bonchev–Trinajstić information content (AvgIpc) is 3.10. The maximum absolute atomic E-state index is 13.5. The van der Waals surface area contributed by atoms with Crippen molar-refractivity contribution < 1.29 is 35.9 Å². The molecule has 0 saturated carbocycles. The molecule has 0 fully saturated rings. The zero-order chi connectivity index (χ0) is 23.0. The molecule has 1 unspecified atom stereocenters. The van der Waals surface area contributed by atoms with Crippen molar-refractivity contribution in [2.75, 3.05) is 0 Å². The number of H-pyrrole nitrogens is 1. The van der Waals surface area contributed by atoms with Gasteiger partial charge in [0, 0.05) is 11.1 Å². The van der Waals surface area contributed by atoms with Crippen molar-refractivity contribution in [1.29, 1.82) is 0 Å². The quantitative estimate of drug-likeness (QED) is 0.490. The van der Waals surface area contributed by atoms with E-state index in [4.69, 9.17) is 5.14 Å². The van der Waals surface area contributed by atoms with Crippen LogP contribution in [-0.4, -0.2) is 29.7 Å². The van der Waals surface area contributed by atoms with E-state index in [1.54, 1.807) is 0 Å². The minimum Gasteiger partial charge on any atom is -0.481 e. The fourth-order valence-corrected chi connectivity index (χ4v) is 3.61. The Hall–Kier alpha value is -3.25. The summed E-state index contributed by atoms with van der Waals surface area (Å²) in [6.45, 7) is 0. The SMILES string of the molecule is NS(=O)(=O)c1ccc(C(Cc2c(C(F)(F)F)n[nH]c2-c2ccc(F)cc2)C(=O)O)cc1. The Bertz CT molecular complexity index is 1200. The van der Waals surface area contributed by atoms with Crippen molar-refractivity contribution >= 4 is 16.0 Å². The van der Waals surface area contributed by atoms with Gasteiger partial charge in [-0.1, -0.05) is 12.1 Å². The van der Waals surface area contributed by atoms with Gasteiger partial charge in [0.1, 0.15) is 5.82 Å². The van der Waals surface area contributed by atoms with Gasteiger partial charge in [-0.05, 0) is 48.4 Å². The first kappa shape index (κ1) is 22.4. The van der Waals surface area contributed by atoms with Crippen LogP contribution in [0.2, 0.25) is 0 Å². The Labute approximate surface area is 173 Å². The van der Waals surface area contributed by atoms with Crippen LogP contribution in [0.3, 0.4) is 0 Å². The molecule has 1 atom stereocenters. The molecule has 0 spiro atoms. The highest BCUT2D eigenvalue weighted by molar-refractivity contribution is 7.89. The fraction of sp³-hybridized carbons (Fsp3) is 0.158. The number of hydrogen-bond acceptors (Lipinski definition) is 4. The van der Waals surface area contributed by atoms with Gasteiger partial charge >= 0.3 is 12.1 Å². The number of carbonyl (C=O) groups is 1. The molecule has 164 valence electrons. The summed E-state index contributed by atoms with van der Waals surface area (Å²) in [4.78, 5) is 11.6. The van der Waals surface area contributed by atoms with Gasteiger partial charge in [0.15, 0.2) is 5.69 Å². The van der Waals surface area contributed by atoms with E-state index in [1.165, 1.54) is 24.3 Å². The minimum absolute atomic E-state index is 0.0688. The minimum atomic E-state index is -4.87. The highest BCUT2D eigenvalue weighted by Crippen LogP contribution is 2.38. The number of nitrogens with zero attached hydrogens (tertiary/aromatic N) is 1. The monoisotopic (exact) mass is 457 g/mol. The van der Waals surface area contributed by atoms with Crippen LogP contribution in [0.4, 0.5) is 17.6 Å². The normalized spacial score (nSPS) is 13.2. The summed E-state index contributed by atoms with van der Waals surface area (Å²) in [5, 5.41) is 20.2. The zero-order valence-corrected chi connectivity index (χ0v) is 16.3. The maximum atomic E-state index is 13.5. The van der Waals surface area contributed by atoms with Crippen LogP contribution in [-0.2, 0) is 27.4 Å². The van der Waals surface area contributed by atoms with Gasteiger partial charge in [0.2, 0.25) is 10.0 Å². The van der Waals surface area contributed by atoms with Crippen LogP contribution in [0.25, 0.3) is 11.3 Å². The molecule has 0 aliphatic heterocycles. The molecule has 3 aromatic rings. The Morgan fingerprint density at radius 3 is 2.16 bits per heavy atom. The van der Waals surface area contributed by atoms with Gasteiger partial charge in [-0.3, -0.25) is 9.89 Å². The number of halogens is 4. The van der Waals surface area contributed by atoms with Crippen molar-refractivity contribution in [2.45, 2.75) is 23.4 Å². The molecular formula is C19H15F4N3O4S. The lowest BCUT2D eigenvalue weighted by atomic mass is 9.89. The molecule has 12 heteroatoms. The number of hydrogen-bond donors (Lipinski definition) is 3. The average molecular weight is 457 g/mol. The number of carboxylic acid groups (broad SMARTS) is 1. The molecule has 7 nitrogen and oxygen atoms in total. The summed E-state index contributed by atoms with van der Waals surface area (Å²) in [6, 6.07) is 9.06. The number of alkyl halides is 3. The van der Waals surface area contributed by atoms with Gasteiger partial charge < -0.3 is 5.11 Å². The largest absolute Gasteiger partial charge is 0.481 e. The number of benzene rings is 2. The summed E-state index contributed by atoms with van der Waals surface area (Å²) < 4.78 is 76.5. The number of aromatic nitrogens is 2. The molecule has 2 aromatic carbocycles. The lowest BCUT2D eigenvalue weighted by Crippen LogP contribution is -2.18. The zero-order valence-electron chi connectivity index (χ0n) is 15.5. The van der Waals surface area contributed by atoms with Crippen LogP contribution >= 0.6 is 0 Å². The first-order chi connectivity index (χ1) is 14.4. The summed E-state index contributed by atoms with van der Waals surface area (Å²) >= 11 is 0. The number of aliphatic carboxylic acids is 1. The van der Waals surface area contributed by atoms with Gasteiger partial charge in [-0.15, -0.1) is 0 Å².